The zero-order valence-corrected chi connectivity index (χ0v) is 13.3. The lowest BCUT2D eigenvalue weighted by atomic mass is 10.1. The maximum atomic E-state index is 10.3. The van der Waals surface area contributed by atoms with E-state index in [0.717, 1.165) is 37.0 Å². The Morgan fingerprint density at radius 1 is 1.19 bits per heavy atom. The first kappa shape index (κ1) is 16.5. The van der Waals surface area contributed by atoms with Crippen LogP contribution < -0.4 is 0 Å². The number of rotatable bonds is 9. The fourth-order valence-electron chi connectivity index (χ4n) is 3.35. The quantitative estimate of drug-likeness (QED) is 0.560. The van der Waals surface area contributed by atoms with E-state index in [-0.39, 0.29) is 6.10 Å². The first-order chi connectivity index (χ1) is 10.2. The Balaban J connectivity index is 1.86. The average molecular weight is 292 g/mol. The molecule has 0 aliphatic carbocycles. The van der Waals surface area contributed by atoms with Crippen molar-refractivity contribution in [1.29, 1.82) is 0 Å². The van der Waals surface area contributed by atoms with E-state index in [2.05, 4.69) is 37.3 Å². The lowest BCUT2D eigenvalue weighted by molar-refractivity contribution is -0.932. The highest BCUT2D eigenvalue weighted by Crippen LogP contribution is 2.24. The number of likely N-dealkylation sites (tertiary alicyclic amines) is 1. The summed E-state index contributed by atoms with van der Waals surface area (Å²) in [6, 6.07) is 10.7. The van der Waals surface area contributed by atoms with E-state index < -0.39 is 0 Å². The Bertz CT molecular complexity index is 387. The smallest absolute Gasteiger partial charge is 0.126 e. The van der Waals surface area contributed by atoms with Gasteiger partial charge in [-0.25, -0.2) is 0 Å². The molecule has 0 saturated carbocycles. The number of unbranched alkanes of at least 4 members (excludes halogenated alkanes) is 1. The van der Waals surface area contributed by atoms with Crippen molar-refractivity contribution < 1.29 is 14.3 Å². The van der Waals surface area contributed by atoms with Crippen molar-refractivity contribution in [1.82, 2.24) is 0 Å². The van der Waals surface area contributed by atoms with Crippen LogP contribution in [-0.4, -0.2) is 48.5 Å². The molecule has 21 heavy (non-hydrogen) atoms. The molecule has 1 aromatic carbocycles. The van der Waals surface area contributed by atoms with Crippen molar-refractivity contribution in [3.8, 4) is 0 Å². The molecule has 0 unspecified atom stereocenters. The largest absolute Gasteiger partial charge is 0.385 e. The van der Waals surface area contributed by atoms with Gasteiger partial charge in [0.25, 0.3) is 0 Å². The second-order valence-electron chi connectivity index (χ2n) is 6.40. The van der Waals surface area contributed by atoms with E-state index in [4.69, 9.17) is 4.74 Å². The fourth-order valence-corrected chi connectivity index (χ4v) is 3.35. The maximum Gasteiger partial charge on any atom is 0.126 e. The van der Waals surface area contributed by atoms with Gasteiger partial charge in [-0.3, -0.25) is 0 Å². The SMILES string of the molecule is CCCCOC[C@H](O)C[N+]1(Cc2ccccc2)CCCC1. The molecule has 1 fully saturated rings. The highest BCUT2D eigenvalue weighted by molar-refractivity contribution is 5.13. The van der Waals surface area contributed by atoms with E-state index in [0.29, 0.717) is 6.61 Å². The summed E-state index contributed by atoms with van der Waals surface area (Å²) < 4.78 is 6.60. The second-order valence-corrected chi connectivity index (χ2v) is 6.40. The zero-order chi connectivity index (χ0) is 15.0. The molecule has 0 spiro atoms. The minimum absolute atomic E-state index is 0.344. The van der Waals surface area contributed by atoms with Crippen molar-refractivity contribution in [2.24, 2.45) is 0 Å². The highest BCUT2D eigenvalue weighted by atomic mass is 16.5. The van der Waals surface area contributed by atoms with Crippen molar-refractivity contribution in [2.45, 2.75) is 45.3 Å². The molecule has 3 nitrogen and oxygen atoms in total. The lowest BCUT2D eigenvalue weighted by Gasteiger charge is -2.36. The number of hydrogen-bond acceptors (Lipinski definition) is 2. The molecule has 1 heterocycles. The van der Waals surface area contributed by atoms with Gasteiger partial charge in [0.1, 0.15) is 19.2 Å². The van der Waals surface area contributed by atoms with E-state index in [1.54, 1.807) is 0 Å². The van der Waals surface area contributed by atoms with Crippen LogP contribution in [-0.2, 0) is 11.3 Å². The molecule has 3 heteroatoms. The first-order valence-corrected chi connectivity index (χ1v) is 8.39. The molecule has 0 amide bonds. The monoisotopic (exact) mass is 292 g/mol. The molecule has 1 aliphatic rings. The summed E-state index contributed by atoms with van der Waals surface area (Å²) in [6.07, 6.45) is 4.43. The van der Waals surface area contributed by atoms with Crippen molar-refractivity contribution in [3.63, 3.8) is 0 Å². The van der Waals surface area contributed by atoms with Crippen LogP contribution in [0.5, 0.6) is 0 Å². The third-order valence-electron chi connectivity index (χ3n) is 4.43. The number of aliphatic hydroxyl groups is 1. The van der Waals surface area contributed by atoms with Crippen molar-refractivity contribution in [3.05, 3.63) is 35.9 Å². The number of benzene rings is 1. The normalized spacial score (nSPS) is 18.8. The van der Waals surface area contributed by atoms with Crippen LogP contribution in [0, 0.1) is 0 Å². The number of ether oxygens (including phenoxy) is 1. The van der Waals surface area contributed by atoms with Crippen LogP contribution in [0.3, 0.4) is 0 Å². The van der Waals surface area contributed by atoms with Crippen molar-refractivity contribution >= 4 is 0 Å². The molecule has 1 aromatic rings. The summed E-state index contributed by atoms with van der Waals surface area (Å²) in [5.74, 6) is 0. The summed E-state index contributed by atoms with van der Waals surface area (Å²) >= 11 is 0. The Hall–Kier alpha value is -0.900. The van der Waals surface area contributed by atoms with Crippen LogP contribution in [0.1, 0.15) is 38.2 Å². The summed E-state index contributed by atoms with van der Waals surface area (Å²) in [4.78, 5) is 0. The first-order valence-electron chi connectivity index (χ1n) is 8.39. The van der Waals surface area contributed by atoms with Crippen LogP contribution in [0.15, 0.2) is 30.3 Å². The summed E-state index contributed by atoms with van der Waals surface area (Å²) in [5, 5.41) is 10.3. The average Bonchev–Trinajstić information content (AvgIpc) is 2.93. The summed E-state index contributed by atoms with van der Waals surface area (Å²) in [7, 11) is 0. The molecule has 0 radical (unpaired) electrons. The van der Waals surface area contributed by atoms with E-state index in [1.165, 1.54) is 31.5 Å². The number of hydrogen-bond donors (Lipinski definition) is 1. The predicted molar refractivity (Wildman–Crippen MR) is 86.0 cm³/mol. The van der Waals surface area contributed by atoms with Gasteiger partial charge in [-0.15, -0.1) is 0 Å². The lowest BCUT2D eigenvalue weighted by Crippen LogP contribution is -2.50. The Morgan fingerprint density at radius 2 is 1.90 bits per heavy atom. The highest BCUT2D eigenvalue weighted by Gasteiger charge is 2.34. The van der Waals surface area contributed by atoms with Gasteiger partial charge in [0.2, 0.25) is 0 Å². The van der Waals surface area contributed by atoms with E-state index in [9.17, 15) is 5.11 Å². The Morgan fingerprint density at radius 3 is 2.57 bits per heavy atom. The molecule has 0 bridgehead atoms. The third kappa shape index (κ3) is 5.42. The molecular formula is C18H30NO2+. The van der Waals surface area contributed by atoms with Gasteiger partial charge in [0.15, 0.2) is 0 Å². The van der Waals surface area contributed by atoms with Crippen LogP contribution in [0.2, 0.25) is 0 Å². The summed E-state index contributed by atoms with van der Waals surface area (Å²) in [5.41, 5.74) is 1.37. The van der Waals surface area contributed by atoms with Gasteiger partial charge in [-0.2, -0.15) is 0 Å². The number of quaternary nitrogens is 1. The minimum atomic E-state index is -0.344. The Labute approximate surface area is 129 Å². The molecule has 1 aliphatic heterocycles. The zero-order valence-electron chi connectivity index (χ0n) is 13.3. The minimum Gasteiger partial charge on any atom is -0.385 e. The molecule has 1 atom stereocenters. The molecule has 1 N–H and O–H groups in total. The second kappa shape index (κ2) is 8.52. The number of nitrogens with zero attached hydrogens (tertiary/aromatic N) is 1. The topological polar surface area (TPSA) is 29.5 Å². The predicted octanol–water partition coefficient (Wildman–Crippen LogP) is 2.97. The van der Waals surface area contributed by atoms with Gasteiger partial charge >= 0.3 is 0 Å². The number of aliphatic hydroxyl groups excluding tert-OH is 1. The van der Waals surface area contributed by atoms with Gasteiger partial charge in [-0.1, -0.05) is 43.7 Å². The van der Waals surface area contributed by atoms with Crippen LogP contribution in [0.25, 0.3) is 0 Å². The van der Waals surface area contributed by atoms with Gasteiger partial charge < -0.3 is 14.3 Å². The van der Waals surface area contributed by atoms with E-state index >= 15 is 0 Å². The molecule has 2 rings (SSSR count). The Kier molecular flexibility index (Phi) is 6.68. The van der Waals surface area contributed by atoms with Crippen molar-refractivity contribution in [2.75, 3.05) is 32.8 Å². The maximum absolute atomic E-state index is 10.3. The van der Waals surface area contributed by atoms with Gasteiger partial charge in [0, 0.05) is 25.0 Å². The van der Waals surface area contributed by atoms with E-state index in [1.807, 2.05) is 0 Å². The molecule has 118 valence electrons. The molecule has 1 saturated heterocycles. The van der Waals surface area contributed by atoms with Crippen LogP contribution in [0.4, 0.5) is 0 Å². The summed E-state index contributed by atoms with van der Waals surface area (Å²) in [6.45, 7) is 7.63. The van der Waals surface area contributed by atoms with Crippen LogP contribution >= 0.6 is 0 Å². The van der Waals surface area contributed by atoms with Gasteiger partial charge in [-0.05, 0) is 6.42 Å². The third-order valence-corrected chi connectivity index (χ3v) is 4.43. The molecule has 0 aromatic heterocycles. The molecular weight excluding hydrogens is 262 g/mol. The standard InChI is InChI=1S/C18H30NO2/c1-2-3-13-21-16-18(20)15-19(11-7-8-12-19)14-17-9-5-4-6-10-17/h4-6,9-10,18,20H,2-3,7-8,11-16H2,1H3/q+1/t18-/m1/s1. The fraction of sp³-hybridized carbons (Fsp3) is 0.667. The van der Waals surface area contributed by atoms with Gasteiger partial charge in [0.05, 0.1) is 19.7 Å².